The fourth-order valence-electron chi connectivity index (χ4n) is 9.39. The van der Waals surface area contributed by atoms with Gasteiger partial charge in [-0.2, -0.15) is 13.2 Å². The summed E-state index contributed by atoms with van der Waals surface area (Å²) in [7, 11) is 0. The van der Waals surface area contributed by atoms with E-state index < -0.39 is 11.7 Å². The average molecular weight is 831 g/mol. The normalized spacial score (nSPS) is 11.6. The van der Waals surface area contributed by atoms with Gasteiger partial charge in [-0.05, 0) is 88.0 Å². The van der Waals surface area contributed by atoms with Crippen LogP contribution in [0.15, 0.2) is 200 Å². The molecule has 11 aromatic rings. The van der Waals surface area contributed by atoms with Crippen molar-refractivity contribution in [2.24, 2.45) is 0 Å². The van der Waals surface area contributed by atoms with E-state index in [4.69, 9.17) is 13.1 Å². The van der Waals surface area contributed by atoms with E-state index in [1.165, 1.54) is 6.07 Å². The van der Waals surface area contributed by atoms with Crippen molar-refractivity contribution in [1.82, 2.24) is 9.13 Å². The summed E-state index contributed by atoms with van der Waals surface area (Å²) >= 11 is 0. The molecule has 0 saturated heterocycles. The van der Waals surface area contributed by atoms with Gasteiger partial charge in [0.15, 0.2) is 11.4 Å². The zero-order valence-corrected chi connectivity index (χ0v) is 34.0. The quantitative estimate of drug-likeness (QED) is 0.149. The van der Waals surface area contributed by atoms with Gasteiger partial charge in [0, 0.05) is 43.9 Å². The second-order valence-electron chi connectivity index (χ2n) is 15.7. The second-order valence-corrected chi connectivity index (χ2v) is 15.7. The molecule has 0 aliphatic heterocycles. The highest BCUT2D eigenvalue weighted by Gasteiger charge is 2.32. The van der Waals surface area contributed by atoms with E-state index in [9.17, 15) is 13.2 Å². The van der Waals surface area contributed by atoms with Gasteiger partial charge in [-0.1, -0.05) is 146 Å². The van der Waals surface area contributed by atoms with Crippen molar-refractivity contribution in [1.29, 1.82) is 0 Å². The highest BCUT2D eigenvalue weighted by Crippen LogP contribution is 2.50. The average Bonchev–Trinajstić information content (AvgIpc) is 3.85. The van der Waals surface area contributed by atoms with Gasteiger partial charge < -0.3 is 9.13 Å². The molecule has 0 radical (unpaired) electrons. The number of rotatable bonds is 6. The van der Waals surface area contributed by atoms with E-state index in [2.05, 4.69) is 104 Å². The molecule has 0 spiro atoms. The van der Waals surface area contributed by atoms with Crippen molar-refractivity contribution >= 4 is 55.0 Å². The predicted molar refractivity (Wildman–Crippen MR) is 254 cm³/mol. The molecular weight excluding hydrogens is 798 g/mol. The number of hydrogen-bond donors (Lipinski definition) is 0. The van der Waals surface area contributed by atoms with Crippen LogP contribution in [0.2, 0.25) is 0 Å². The predicted octanol–water partition coefficient (Wildman–Crippen LogP) is 16.7. The molecule has 0 N–H and O–H groups in total. The molecule has 7 heteroatoms. The van der Waals surface area contributed by atoms with Crippen LogP contribution in [0.5, 0.6) is 0 Å². The number of hydrogen-bond acceptors (Lipinski definition) is 0. The Hall–Kier alpha value is -8.65. The molecule has 4 nitrogen and oxygen atoms in total. The van der Waals surface area contributed by atoms with Gasteiger partial charge >= 0.3 is 6.18 Å². The topological polar surface area (TPSA) is 18.6 Å². The van der Waals surface area contributed by atoms with Crippen molar-refractivity contribution in [3.63, 3.8) is 0 Å². The molecule has 2 aromatic heterocycles. The largest absolute Gasteiger partial charge is 0.415 e. The number of para-hydroxylation sites is 2. The summed E-state index contributed by atoms with van der Waals surface area (Å²) in [5.74, 6) is 0. The Morgan fingerprint density at radius 2 is 0.844 bits per heavy atom. The van der Waals surface area contributed by atoms with Crippen LogP contribution < -0.4 is 0 Å². The number of alkyl halides is 3. The van der Waals surface area contributed by atoms with Crippen molar-refractivity contribution < 1.29 is 13.2 Å². The van der Waals surface area contributed by atoms with E-state index in [0.717, 1.165) is 78.0 Å². The summed E-state index contributed by atoms with van der Waals surface area (Å²) in [5, 5.41) is 4.08. The third-order valence-corrected chi connectivity index (χ3v) is 12.2. The molecule has 0 aliphatic rings. The molecule has 11 rings (SSSR count). The monoisotopic (exact) mass is 830 g/mol. The Morgan fingerprint density at radius 3 is 1.38 bits per heavy atom. The molecular formula is C57H33F3N4. The maximum absolute atomic E-state index is 14.2. The molecule has 0 aliphatic carbocycles. The SMILES string of the molecule is [C-]#[N+]c1cc(C(F)(F)F)ccc1-c1cccc(-n2c3ccccc3c3cc(-c4ccccc4)ccc32)c1-c1c([N+]#[C-])cccc1-n1c2ccccc2c2cc(-c3ccccc3)ccc21. The molecule has 0 fully saturated rings. The van der Waals surface area contributed by atoms with Crippen LogP contribution in [0.1, 0.15) is 5.56 Å². The van der Waals surface area contributed by atoms with Gasteiger partial charge in [-0.25, -0.2) is 9.69 Å². The third-order valence-electron chi connectivity index (χ3n) is 12.2. The fraction of sp³-hybridized carbons (Fsp3) is 0.0175. The van der Waals surface area contributed by atoms with Gasteiger partial charge in [0.2, 0.25) is 0 Å². The van der Waals surface area contributed by atoms with Gasteiger partial charge in [-0.15, -0.1) is 0 Å². The number of aromatic nitrogens is 2. The van der Waals surface area contributed by atoms with Crippen molar-refractivity contribution in [3.05, 3.63) is 229 Å². The smallest absolute Gasteiger partial charge is 0.310 e. The molecule has 0 amide bonds. The van der Waals surface area contributed by atoms with Crippen LogP contribution >= 0.6 is 0 Å². The summed E-state index contributed by atoms with van der Waals surface area (Å²) in [4.78, 5) is 7.86. The van der Waals surface area contributed by atoms with Crippen LogP contribution in [0.25, 0.3) is 109 Å². The highest BCUT2D eigenvalue weighted by atomic mass is 19.4. The van der Waals surface area contributed by atoms with Crippen molar-refractivity contribution in [3.8, 4) is 55.9 Å². The number of fused-ring (bicyclic) bond motifs is 6. The van der Waals surface area contributed by atoms with Crippen molar-refractivity contribution in [2.45, 2.75) is 6.18 Å². The van der Waals surface area contributed by atoms with E-state index in [1.807, 2.05) is 91.0 Å². The number of halogens is 3. The highest BCUT2D eigenvalue weighted by molar-refractivity contribution is 6.14. The van der Waals surface area contributed by atoms with E-state index in [0.29, 0.717) is 39.3 Å². The van der Waals surface area contributed by atoms with Crippen molar-refractivity contribution in [2.75, 3.05) is 0 Å². The molecule has 0 atom stereocenters. The Morgan fingerprint density at radius 1 is 0.359 bits per heavy atom. The molecule has 302 valence electrons. The van der Waals surface area contributed by atoms with Crippen LogP contribution in [-0.2, 0) is 6.18 Å². The summed E-state index contributed by atoms with van der Waals surface area (Å²) in [6, 6.07) is 64.4. The third kappa shape index (κ3) is 6.14. The minimum atomic E-state index is -4.65. The summed E-state index contributed by atoms with van der Waals surface area (Å²) in [6.07, 6.45) is -4.65. The Labute approximate surface area is 366 Å². The van der Waals surface area contributed by atoms with Crippen LogP contribution in [-0.4, -0.2) is 9.13 Å². The minimum absolute atomic E-state index is 0.143. The lowest BCUT2D eigenvalue weighted by molar-refractivity contribution is -0.137. The first kappa shape index (κ1) is 38.3. The molecule has 0 bridgehead atoms. The summed E-state index contributed by atoms with van der Waals surface area (Å²) in [6.45, 7) is 16.9. The minimum Gasteiger partial charge on any atom is -0.310 e. The molecule has 0 unspecified atom stereocenters. The molecule has 9 aromatic carbocycles. The van der Waals surface area contributed by atoms with Crippen LogP contribution in [0, 0.1) is 13.1 Å². The first-order valence-corrected chi connectivity index (χ1v) is 20.7. The zero-order chi connectivity index (χ0) is 43.5. The van der Waals surface area contributed by atoms with Gasteiger partial charge in [0.1, 0.15) is 0 Å². The van der Waals surface area contributed by atoms with Crippen LogP contribution in [0.3, 0.4) is 0 Å². The van der Waals surface area contributed by atoms with E-state index in [1.54, 1.807) is 6.07 Å². The maximum Gasteiger partial charge on any atom is 0.415 e. The Kier molecular flexibility index (Phi) is 9.01. The maximum atomic E-state index is 14.2. The lowest BCUT2D eigenvalue weighted by Crippen LogP contribution is -2.05. The first-order valence-electron chi connectivity index (χ1n) is 20.7. The lowest BCUT2D eigenvalue weighted by Gasteiger charge is -2.23. The molecule has 0 saturated carbocycles. The summed E-state index contributed by atoms with van der Waals surface area (Å²) < 4.78 is 47.0. The van der Waals surface area contributed by atoms with Gasteiger partial charge in [-0.3, -0.25) is 0 Å². The number of nitrogens with zero attached hydrogens (tertiary/aromatic N) is 4. The Bertz CT molecular complexity index is 3730. The van der Waals surface area contributed by atoms with Gasteiger partial charge in [0.25, 0.3) is 0 Å². The first-order chi connectivity index (χ1) is 31.3. The second kappa shape index (κ2) is 15.1. The zero-order valence-electron chi connectivity index (χ0n) is 34.0. The molecule has 64 heavy (non-hydrogen) atoms. The number of benzene rings is 9. The van der Waals surface area contributed by atoms with E-state index in [-0.39, 0.29) is 5.69 Å². The standard InChI is InChI=1S/C57H33F3N4/c1-61-47-22-14-26-54(64-50-24-12-10-20-43(50)46-34-39(28-32-52(46)64)37-17-7-4-8-18-37)56(47)55-44(41-30-29-40(57(58,59)60)35-48(41)62-2)21-13-25-53(55)63-49-23-11-9-19-42(49)45-33-38(27-31-51(45)63)36-15-5-3-6-16-36/h3-35H. The fourth-order valence-corrected chi connectivity index (χ4v) is 9.39. The van der Waals surface area contributed by atoms with Crippen LogP contribution in [0.4, 0.5) is 24.5 Å². The van der Waals surface area contributed by atoms with Gasteiger partial charge in [0.05, 0.1) is 40.9 Å². The summed E-state index contributed by atoms with van der Waals surface area (Å²) in [5.41, 5.74) is 10.7. The molecule has 2 heterocycles. The van der Waals surface area contributed by atoms with E-state index >= 15 is 0 Å². The lowest BCUT2D eigenvalue weighted by atomic mass is 9.89. The Balaban J connectivity index is 1.27.